The van der Waals surface area contributed by atoms with Crippen molar-refractivity contribution in [3.63, 3.8) is 0 Å². The van der Waals surface area contributed by atoms with Crippen LogP contribution in [0, 0.1) is 0 Å². The number of piperidine rings is 1. The number of hydrogen-bond acceptors (Lipinski definition) is 4. The van der Waals surface area contributed by atoms with E-state index < -0.39 is 0 Å². The van der Waals surface area contributed by atoms with Gasteiger partial charge in [0.15, 0.2) is 0 Å². The summed E-state index contributed by atoms with van der Waals surface area (Å²) in [5.74, 6) is 0. The van der Waals surface area contributed by atoms with Gasteiger partial charge in [-0.05, 0) is 24.9 Å². The first kappa shape index (κ1) is 15.8. The van der Waals surface area contributed by atoms with E-state index in [0.29, 0.717) is 19.1 Å². The summed E-state index contributed by atoms with van der Waals surface area (Å²) in [5.41, 5.74) is 0.979. The zero-order valence-corrected chi connectivity index (χ0v) is 12.3. The summed E-state index contributed by atoms with van der Waals surface area (Å²) in [6.07, 6.45) is 3.01. The minimum absolute atomic E-state index is 0.162. The summed E-state index contributed by atoms with van der Waals surface area (Å²) in [6.45, 7) is 2.69. The molecular formula is C16H24N2O3. The Morgan fingerprint density at radius 2 is 2.14 bits per heavy atom. The van der Waals surface area contributed by atoms with Gasteiger partial charge in [0.1, 0.15) is 6.61 Å². The number of aliphatic hydroxyl groups excluding tert-OH is 1. The lowest BCUT2D eigenvalue weighted by Crippen LogP contribution is -2.47. The molecule has 0 spiro atoms. The van der Waals surface area contributed by atoms with Gasteiger partial charge in [-0.2, -0.15) is 0 Å². The number of aliphatic hydroxyl groups is 1. The number of hydrogen-bond donors (Lipinski definition) is 2. The van der Waals surface area contributed by atoms with Gasteiger partial charge in [-0.1, -0.05) is 36.8 Å². The molecule has 1 saturated heterocycles. The second-order valence-electron chi connectivity index (χ2n) is 5.35. The fraction of sp³-hybridized carbons (Fsp3) is 0.562. The van der Waals surface area contributed by atoms with Crippen LogP contribution in [0.2, 0.25) is 0 Å². The van der Waals surface area contributed by atoms with Crippen molar-refractivity contribution in [2.45, 2.75) is 31.9 Å². The van der Waals surface area contributed by atoms with E-state index in [1.807, 2.05) is 30.3 Å². The van der Waals surface area contributed by atoms with Gasteiger partial charge in [0.2, 0.25) is 0 Å². The topological polar surface area (TPSA) is 61.8 Å². The van der Waals surface area contributed by atoms with Crippen molar-refractivity contribution >= 4 is 6.09 Å². The van der Waals surface area contributed by atoms with Crippen molar-refractivity contribution in [2.24, 2.45) is 0 Å². The minimum Gasteiger partial charge on any atom is -0.445 e. The highest BCUT2D eigenvalue weighted by atomic mass is 16.5. The van der Waals surface area contributed by atoms with Gasteiger partial charge in [-0.25, -0.2) is 4.79 Å². The predicted octanol–water partition coefficient (Wildman–Crippen LogP) is 1.76. The molecule has 2 N–H and O–H groups in total. The Labute approximate surface area is 125 Å². The largest absolute Gasteiger partial charge is 0.445 e. The number of β-amino-alcohol motifs (C(OH)–C–C–N with tert-alkyl or cyclic N) is 1. The van der Waals surface area contributed by atoms with E-state index in [1.54, 1.807) is 0 Å². The quantitative estimate of drug-likeness (QED) is 0.838. The normalized spacial score (nSPS) is 19.2. The number of nitrogens with one attached hydrogen (secondary N) is 1. The van der Waals surface area contributed by atoms with Crippen molar-refractivity contribution in [1.29, 1.82) is 0 Å². The van der Waals surface area contributed by atoms with Crippen molar-refractivity contribution in [1.82, 2.24) is 10.2 Å². The molecular weight excluding hydrogens is 268 g/mol. The molecule has 1 fully saturated rings. The average Bonchev–Trinajstić information content (AvgIpc) is 2.53. The van der Waals surface area contributed by atoms with E-state index >= 15 is 0 Å². The molecule has 21 heavy (non-hydrogen) atoms. The van der Waals surface area contributed by atoms with Gasteiger partial charge < -0.3 is 15.2 Å². The first-order valence-corrected chi connectivity index (χ1v) is 7.59. The van der Waals surface area contributed by atoms with Gasteiger partial charge in [-0.15, -0.1) is 0 Å². The van der Waals surface area contributed by atoms with E-state index in [-0.39, 0.29) is 19.3 Å². The fourth-order valence-corrected chi connectivity index (χ4v) is 2.69. The maximum atomic E-state index is 11.7. The number of rotatable bonds is 6. The monoisotopic (exact) mass is 292 g/mol. The Morgan fingerprint density at radius 3 is 2.90 bits per heavy atom. The van der Waals surface area contributed by atoms with E-state index in [2.05, 4.69) is 10.2 Å². The SMILES string of the molecule is O=C(NCC1CCCCN1CCO)OCc1ccccc1. The molecule has 1 aromatic rings. The summed E-state index contributed by atoms with van der Waals surface area (Å²) in [7, 11) is 0. The van der Waals surface area contributed by atoms with Crippen LogP contribution in [0.3, 0.4) is 0 Å². The molecule has 1 aliphatic heterocycles. The van der Waals surface area contributed by atoms with Crippen LogP contribution >= 0.6 is 0 Å². The summed E-state index contributed by atoms with van der Waals surface area (Å²) in [6, 6.07) is 9.93. The van der Waals surface area contributed by atoms with Crippen LogP contribution in [0.15, 0.2) is 30.3 Å². The fourth-order valence-electron chi connectivity index (χ4n) is 2.69. The number of amides is 1. The van der Waals surface area contributed by atoms with Gasteiger partial charge in [0.25, 0.3) is 0 Å². The predicted molar refractivity (Wildman–Crippen MR) is 80.9 cm³/mol. The zero-order chi connectivity index (χ0) is 14.9. The molecule has 5 heteroatoms. The first-order chi connectivity index (χ1) is 10.3. The Hall–Kier alpha value is -1.59. The molecule has 2 rings (SSSR count). The Balaban J connectivity index is 1.70. The maximum absolute atomic E-state index is 11.7. The molecule has 1 amide bonds. The van der Waals surface area contributed by atoms with Gasteiger partial charge >= 0.3 is 6.09 Å². The lowest BCUT2D eigenvalue weighted by atomic mass is 10.0. The highest BCUT2D eigenvalue weighted by Crippen LogP contribution is 2.15. The molecule has 0 saturated carbocycles. The molecule has 116 valence electrons. The molecule has 0 aromatic heterocycles. The number of ether oxygens (including phenoxy) is 1. The third kappa shape index (κ3) is 5.36. The van der Waals surface area contributed by atoms with E-state index in [0.717, 1.165) is 24.9 Å². The smallest absolute Gasteiger partial charge is 0.407 e. The summed E-state index contributed by atoms with van der Waals surface area (Å²) >= 11 is 0. The summed E-state index contributed by atoms with van der Waals surface area (Å²) in [4.78, 5) is 14.0. The van der Waals surface area contributed by atoms with Crippen LogP contribution in [0.25, 0.3) is 0 Å². The van der Waals surface area contributed by atoms with Crippen molar-refractivity contribution in [2.75, 3.05) is 26.2 Å². The Kier molecular flexibility index (Phi) is 6.50. The van der Waals surface area contributed by atoms with Crippen molar-refractivity contribution in [3.8, 4) is 0 Å². The number of carbonyl (C=O) groups is 1. The molecule has 1 aromatic carbocycles. The Bertz CT molecular complexity index is 423. The standard InChI is InChI=1S/C16H24N2O3/c19-11-10-18-9-5-4-8-15(18)12-17-16(20)21-13-14-6-2-1-3-7-14/h1-3,6-7,15,19H,4-5,8-13H2,(H,17,20). The van der Waals surface area contributed by atoms with Crippen LogP contribution in [-0.4, -0.2) is 48.4 Å². The maximum Gasteiger partial charge on any atom is 0.407 e. The van der Waals surface area contributed by atoms with E-state index in [4.69, 9.17) is 9.84 Å². The number of benzene rings is 1. The lowest BCUT2D eigenvalue weighted by molar-refractivity contribution is 0.106. The van der Waals surface area contributed by atoms with Crippen molar-refractivity contribution in [3.05, 3.63) is 35.9 Å². The zero-order valence-electron chi connectivity index (χ0n) is 12.3. The highest BCUT2D eigenvalue weighted by molar-refractivity contribution is 5.67. The van der Waals surface area contributed by atoms with E-state index in [1.165, 1.54) is 6.42 Å². The number of likely N-dealkylation sites (tertiary alicyclic amines) is 1. The third-order valence-electron chi connectivity index (χ3n) is 3.83. The van der Waals surface area contributed by atoms with Gasteiger partial charge in [0.05, 0.1) is 6.61 Å². The molecule has 5 nitrogen and oxygen atoms in total. The number of nitrogens with zero attached hydrogens (tertiary/aromatic N) is 1. The molecule has 1 aliphatic rings. The summed E-state index contributed by atoms with van der Waals surface area (Å²) < 4.78 is 5.20. The number of carbonyl (C=O) groups excluding carboxylic acids is 1. The molecule has 0 radical (unpaired) electrons. The molecule has 1 heterocycles. The second kappa shape index (κ2) is 8.64. The van der Waals surface area contributed by atoms with Gasteiger partial charge in [-0.3, -0.25) is 4.90 Å². The molecule has 1 atom stereocenters. The average molecular weight is 292 g/mol. The van der Waals surface area contributed by atoms with Gasteiger partial charge in [0, 0.05) is 19.1 Å². The first-order valence-electron chi connectivity index (χ1n) is 7.59. The third-order valence-corrected chi connectivity index (χ3v) is 3.83. The van der Waals surface area contributed by atoms with Crippen LogP contribution in [0.1, 0.15) is 24.8 Å². The van der Waals surface area contributed by atoms with E-state index in [9.17, 15) is 4.79 Å². The second-order valence-corrected chi connectivity index (χ2v) is 5.35. The minimum atomic E-state index is -0.381. The molecule has 1 unspecified atom stereocenters. The molecule has 0 aliphatic carbocycles. The van der Waals surface area contributed by atoms with Crippen LogP contribution < -0.4 is 5.32 Å². The highest BCUT2D eigenvalue weighted by Gasteiger charge is 2.22. The Morgan fingerprint density at radius 1 is 1.33 bits per heavy atom. The number of alkyl carbamates (subject to hydrolysis) is 1. The van der Waals surface area contributed by atoms with Crippen molar-refractivity contribution < 1.29 is 14.6 Å². The molecule has 0 bridgehead atoms. The lowest BCUT2D eigenvalue weighted by Gasteiger charge is -2.35. The summed E-state index contributed by atoms with van der Waals surface area (Å²) in [5, 5.41) is 11.9. The van der Waals surface area contributed by atoms with Crippen LogP contribution in [0.5, 0.6) is 0 Å². The van der Waals surface area contributed by atoms with Crippen LogP contribution in [0.4, 0.5) is 4.79 Å². The van der Waals surface area contributed by atoms with Crippen LogP contribution in [-0.2, 0) is 11.3 Å².